The van der Waals surface area contributed by atoms with Crippen LogP contribution < -0.4 is 5.56 Å². The first-order valence-electron chi connectivity index (χ1n) is 8.94. The van der Waals surface area contributed by atoms with E-state index in [4.69, 9.17) is 11.6 Å². The Morgan fingerprint density at radius 3 is 2.57 bits per heavy atom. The zero-order valence-corrected chi connectivity index (χ0v) is 17.9. The van der Waals surface area contributed by atoms with E-state index in [9.17, 15) is 22.4 Å². The number of nitrogens with zero attached hydrogens (tertiary/aromatic N) is 4. The second-order valence-corrected chi connectivity index (χ2v) is 10.6. The van der Waals surface area contributed by atoms with Crippen molar-refractivity contribution in [2.45, 2.75) is 10.8 Å². The molecule has 0 bridgehead atoms. The number of carbonyl (C=O) groups is 1. The molecule has 8 nitrogen and oxygen atoms in total. The zero-order valence-electron chi connectivity index (χ0n) is 15.5. The van der Waals surface area contributed by atoms with Crippen molar-refractivity contribution in [3.05, 3.63) is 57.2 Å². The number of hydrogen-bond acceptors (Lipinski definition) is 6. The van der Waals surface area contributed by atoms with Gasteiger partial charge in [0, 0.05) is 32.2 Å². The van der Waals surface area contributed by atoms with Gasteiger partial charge in [-0.2, -0.15) is 4.31 Å². The predicted molar refractivity (Wildman–Crippen MR) is 111 cm³/mol. The summed E-state index contributed by atoms with van der Waals surface area (Å²) in [6.45, 7) is 0.476. The minimum atomic E-state index is -3.65. The molecule has 0 spiro atoms. The molecule has 1 aliphatic rings. The molecule has 0 unspecified atom stereocenters. The summed E-state index contributed by atoms with van der Waals surface area (Å²) in [4.78, 5) is 30.7. The van der Waals surface area contributed by atoms with Crippen molar-refractivity contribution in [3.8, 4) is 0 Å². The van der Waals surface area contributed by atoms with Crippen molar-refractivity contribution in [3.63, 3.8) is 0 Å². The number of halogens is 2. The van der Waals surface area contributed by atoms with Crippen molar-refractivity contribution in [2.75, 3.05) is 26.2 Å². The van der Waals surface area contributed by atoms with E-state index >= 15 is 0 Å². The Hall–Kier alpha value is -2.34. The normalized spacial score (nSPS) is 15.6. The van der Waals surface area contributed by atoms with Crippen molar-refractivity contribution < 1.29 is 17.6 Å². The molecule has 0 saturated carbocycles. The molecule has 158 valence electrons. The highest BCUT2D eigenvalue weighted by Crippen LogP contribution is 2.28. The van der Waals surface area contributed by atoms with Crippen LogP contribution in [0.15, 0.2) is 45.7 Å². The molecule has 1 fully saturated rings. The number of thiophene rings is 1. The molecule has 1 saturated heterocycles. The summed E-state index contributed by atoms with van der Waals surface area (Å²) in [5, 5.41) is 0.220. The fourth-order valence-corrected chi connectivity index (χ4v) is 6.29. The highest BCUT2D eigenvalue weighted by molar-refractivity contribution is 7.91. The maximum atomic E-state index is 13.3. The number of hydrogen-bond donors (Lipinski definition) is 0. The van der Waals surface area contributed by atoms with Crippen LogP contribution in [0.4, 0.5) is 4.39 Å². The summed E-state index contributed by atoms with van der Waals surface area (Å²) in [5.74, 6) is -0.822. The fraction of sp³-hybridized carbons (Fsp3) is 0.278. The van der Waals surface area contributed by atoms with Crippen LogP contribution in [0.1, 0.15) is 0 Å². The third-order valence-electron chi connectivity index (χ3n) is 4.83. The van der Waals surface area contributed by atoms with E-state index in [1.165, 1.54) is 38.3 Å². The lowest BCUT2D eigenvalue weighted by molar-refractivity contribution is -0.133. The van der Waals surface area contributed by atoms with Gasteiger partial charge in [0.25, 0.3) is 15.6 Å². The number of aromatic nitrogens is 2. The molecule has 0 atom stereocenters. The van der Waals surface area contributed by atoms with E-state index in [0.29, 0.717) is 4.34 Å². The molecule has 12 heteroatoms. The van der Waals surface area contributed by atoms with E-state index in [1.54, 1.807) is 0 Å². The van der Waals surface area contributed by atoms with Gasteiger partial charge in [-0.15, -0.1) is 11.3 Å². The van der Waals surface area contributed by atoms with Crippen LogP contribution >= 0.6 is 22.9 Å². The summed E-state index contributed by atoms with van der Waals surface area (Å²) in [7, 11) is -3.65. The average molecular weight is 471 g/mol. The molecule has 1 aliphatic heterocycles. The van der Waals surface area contributed by atoms with Gasteiger partial charge in [0.2, 0.25) is 5.91 Å². The van der Waals surface area contributed by atoms with E-state index in [-0.39, 0.29) is 53.7 Å². The molecule has 3 heterocycles. The molecule has 0 radical (unpaired) electrons. The fourth-order valence-electron chi connectivity index (χ4n) is 3.23. The standard InChI is InChI=1S/C18H16ClFN4O4S2/c19-15-3-4-17(29-15)30(27,28)24-7-5-22(6-8-24)16(25)10-23-11-21-14-9-12(20)1-2-13(14)18(23)26/h1-4,9,11H,5-8,10H2. The van der Waals surface area contributed by atoms with Crippen LogP contribution in [0.5, 0.6) is 0 Å². The van der Waals surface area contributed by atoms with E-state index in [1.807, 2.05) is 0 Å². The Morgan fingerprint density at radius 1 is 1.17 bits per heavy atom. The topological polar surface area (TPSA) is 92.6 Å². The summed E-state index contributed by atoms with van der Waals surface area (Å²) in [6.07, 6.45) is 1.21. The summed E-state index contributed by atoms with van der Waals surface area (Å²) < 4.78 is 41.6. The van der Waals surface area contributed by atoms with Crippen LogP contribution in [-0.2, 0) is 21.4 Å². The maximum Gasteiger partial charge on any atom is 0.261 e. The number of benzene rings is 1. The number of fused-ring (bicyclic) bond motifs is 1. The van der Waals surface area contributed by atoms with Gasteiger partial charge in [-0.25, -0.2) is 17.8 Å². The van der Waals surface area contributed by atoms with Gasteiger partial charge in [0.1, 0.15) is 16.6 Å². The van der Waals surface area contributed by atoms with E-state index in [0.717, 1.165) is 23.5 Å². The monoisotopic (exact) mass is 470 g/mol. The first-order chi connectivity index (χ1) is 14.3. The highest BCUT2D eigenvalue weighted by Gasteiger charge is 2.31. The summed E-state index contributed by atoms with van der Waals surface area (Å²) >= 11 is 6.82. The summed E-state index contributed by atoms with van der Waals surface area (Å²) in [6, 6.07) is 6.65. The summed E-state index contributed by atoms with van der Waals surface area (Å²) in [5.41, 5.74) is -0.222. The molecule has 1 amide bonds. The molecule has 30 heavy (non-hydrogen) atoms. The predicted octanol–water partition coefficient (Wildman–Crippen LogP) is 1.78. The van der Waals surface area contributed by atoms with Crippen molar-refractivity contribution >= 4 is 49.8 Å². The third kappa shape index (κ3) is 3.97. The second kappa shape index (κ2) is 8.06. The Morgan fingerprint density at radius 2 is 1.90 bits per heavy atom. The average Bonchev–Trinajstić information content (AvgIpc) is 3.17. The van der Waals surface area contributed by atoms with Crippen LogP contribution in [-0.4, -0.2) is 59.3 Å². The molecule has 4 rings (SSSR count). The van der Waals surface area contributed by atoms with Crippen LogP contribution in [0.3, 0.4) is 0 Å². The molecule has 0 aliphatic carbocycles. The Kier molecular flexibility index (Phi) is 5.62. The molecule has 3 aromatic rings. The highest BCUT2D eigenvalue weighted by atomic mass is 35.5. The smallest absolute Gasteiger partial charge is 0.261 e. The molecular formula is C18H16ClFN4O4S2. The molecule has 0 N–H and O–H groups in total. The number of carbonyl (C=O) groups excluding carboxylic acids is 1. The molecule has 1 aromatic carbocycles. The Balaban J connectivity index is 1.44. The van der Waals surface area contributed by atoms with Crippen LogP contribution in [0, 0.1) is 5.82 Å². The first kappa shape index (κ1) is 20.9. The largest absolute Gasteiger partial charge is 0.338 e. The maximum absolute atomic E-state index is 13.3. The first-order valence-corrected chi connectivity index (χ1v) is 11.6. The van der Waals surface area contributed by atoms with Gasteiger partial charge in [-0.1, -0.05) is 11.6 Å². The number of amides is 1. The minimum Gasteiger partial charge on any atom is -0.338 e. The van der Waals surface area contributed by atoms with Gasteiger partial charge in [0.15, 0.2) is 0 Å². The van der Waals surface area contributed by atoms with Crippen LogP contribution in [0.25, 0.3) is 10.9 Å². The van der Waals surface area contributed by atoms with Crippen molar-refractivity contribution in [1.29, 1.82) is 0 Å². The van der Waals surface area contributed by atoms with Gasteiger partial charge in [-0.3, -0.25) is 14.2 Å². The van der Waals surface area contributed by atoms with Crippen molar-refractivity contribution in [1.82, 2.24) is 18.8 Å². The zero-order chi connectivity index (χ0) is 21.5. The lowest BCUT2D eigenvalue weighted by Crippen LogP contribution is -2.51. The molecular weight excluding hydrogens is 455 g/mol. The minimum absolute atomic E-state index is 0.147. The van der Waals surface area contributed by atoms with E-state index in [2.05, 4.69) is 4.98 Å². The van der Waals surface area contributed by atoms with Gasteiger partial charge in [-0.05, 0) is 24.3 Å². The lowest BCUT2D eigenvalue weighted by atomic mass is 10.2. The number of sulfonamides is 1. The number of rotatable bonds is 4. The quantitative estimate of drug-likeness (QED) is 0.579. The van der Waals surface area contributed by atoms with Gasteiger partial charge >= 0.3 is 0 Å². The number of piperazine rings is 1. The Labute approximate surface area is 180 Å². The van der Waals surface area contributed by atoms with Crippen molar-refractivity contribution in [2.24, 2.45) is 0 Å². The Bertz CT molecular complexity index is 1280. The van der Waals surface area contributed by atoms with Gasteiger partial charge < -0.3 is 4.90 Å². The van der Waals surface area contributed by atoms with Gasteiger partial charge in [0.05, 0.1) is 21.6 Å². The van der Waals surface area contributed by atoms with Crippen LogP contribution in [0.2, 0.25) is 4.34 Å². The third-order valence-corrected chi connectivity index (χ3v) is 8.42. The molecule has 2 aromatic heterocycles. The second-order valence-electron chi connectivity index (χ2n) is 6.68. The SMILES string of the molecule is O=C(Cn1cnc2cc(F)ccc2c1=O)N1CCN(S(=O)(=O)c2ccc(Cl)s2)CC1. The van der Waals surface area contributed by atoms with E-state index < -0.39 is 21.4 Å². The lowest BCUT2D eigenvalue weighted by Gasteiger charge is -2.33.